The Morgan fingerprint density at radius 1 is 0.900 bits per heavy atom. The van der Waals surface area contributed by atoms with Gasteiger partial charge in [0.25, 0.3) is 11.8 Å². The minimum Gasteiger partial charge on any atom is -0.464 e. The third-order valence-electron chi connectivity index (χ3n) is 4.68. The summed E-state index contributed by atoms with van der Waals surface area (Å²) in [4.78, 5) is 37.2. The van der Waals surface area contributed by atoms with Crippen LogP contribution in [0.3, 0.4) is 0 Å². The highest BCUT2D eigenvalue weighted by Crippen LogP contribution is 2.18. The van der Waals surface area contributed by atoms with Gasteiger partial charge in [0.2, 0.25) is 0 Å². The lowest BCUT2D eigenvalue weighted by Crippen LogP contribution is -2.58. The molecule has 0 aliphatic rings. The van der Waals surface area contributed by atoms with E-state index in [4.69, 9.17) is 4.74 Å². The zero-order valence-electron chi connectivity index (χ0n) is 17.1. The Kier molecular flexibility index (Phi) is 9.03. The third-order valence-corrected chi connectivity index (χ3v) is 4.68. The Balaban J connectivity index is 1.95. The summed E-state index contributed by atoms with van der Waals surface area (Å²) in [5, 5.41) is 15.5. The second-order valence-corrected chi connectivity index (χ2v) is 6.86. The first-order chi connectivity index (χ1) is 14.5. The molecule has 0 bridgehead atoms. The summed E-state index contributed by atoms with van der Waals surface area (Å²) < 4.78 is 5.10. The number of rotatable bonds is 11. The normalized spacial score (nSPS) is 12.5. The van der Waals surface area contributed by atoms with Crippen LogP contribution in [0.4, 0.5) is 0 Å². The minimum atomic E-state index is -1.54. The second-order valence-electron chi connectivity index (χ2n) is 6.86. The monoisotopic (exact) mass is 412 g/mol. The van der Waals surface area contributed by atoms with E-state index in [0.717, 1.165) is 0 Å². The number of amides is 2. The molecule has 30 heavy (non-hydrogen) atoms. The molecule has 0 aromatic heterocycles. The highest BCUT2D eigenvalue weighted by molar-refractivity contribution is 5.98. The quantitative estimate of drug-likeness (QED) is 0.388. The van der Waals surface area contributed by atoms with Gasteiger partial charge >= 0.3 is 5.97 Å². The van der Waals surface area contributed by atoms with Crippen LogP contribution in [0, 0.1) is 0 Å². The van der Waals surface area contributed by atoms with Crippen molar-refractivity contribution >= 4 is 17.8 Å². The molecule has 1 atom stereocenters. The lowest BCUT2D eigenvalue weighted by Gasteiger charge is -2.30. The van der Waals surface area contributed by atoms with Crippen molar-refractivity contribution in [1.29, 1.82) is 0 Å². The van der Waals surface area contributed by atoms with Crippen LogP contribution < -0.4 is 10.6 Å². The van der Waals surface area contributed by atoms with Crippen LogP contribution in [0.2, 0.25) is 0 Å². The average molecular weight is 412 g/mol. The van der Waals surface area contributed by atoms with Crippen molar-refractivity contribution in [1.82, 2.24) is 10.6 Å². The van der Waals surface area contributed by atoms with Gasteiger partial charge < -0.3 is 20.5 Å². The summed E-state index contributed by atoms with van der Waals surface area (Å²) in [6.45, 7) is 1.62. The Labute approximate surface area is 176 Å². The third kappa shape index (κ3) is 6.42. The first-order valence-electron chi connectivity index (χ1n) is 10.0. The lowest BCUT2D eigenvalue weighted by atomic mass is 9.92. The topological polar surface area (TPSA) is 105 Å². The Morgan fingerprint density at radius 3 is 2.00 bits per heavy atom. The number of ether oxygens (including phenoxy) is 1. The van der Waals surface area contributed by atoms with Gasteiger partial charge in [-0.1, -0.05) is 36.4 Å². The summed E-state index contributed by atoms with van der Waals surface area (Å²) in [6, 6.07) is 17.3. The number of carbonyl (C=O) groups excluding carboxylic acids is 3. The van der Waals surface area contributed by atoms with E-state index in [0.29, 0.717) is 30.5 Å². The molecule has 3 N–H and O–H groups in total. The number of esters is 1. The minimum absolute atomic E-state index is 0.134. The maximum atomic E-state index is 12.6. The number of carbonyl (C=O) groups is 3. The summed E-state index contributed by atoms with van der Waals surface area (Å²) in [5.41, 5.74) is -0.578. The van der Waals surface area contributed by atoms with Crippen molar-refractivity contribution in [3.63, 3.8) is 0 Å². The van der Waals surface area contributed by atoms with Crippen molar-refractivity contribution in [2.24, 2.45) is 0 Å². The Bertz CT molecular complexity index is 826. The van der Waals surface area contributed by atoms with Crippen molar-refractivity contribution < 1.29 is 24.2 Å². The van der Waals surface area contributed by atoms with Gasteiger partial charge in [0.15, 0.2) is 5.54 Å². The highest BCUT2D eigenvalue weighted by atomic mass is 16.5. The van der Waals surface area contributed by atoms with Gasteiger partial charge in [0.05, 0.1) is 13.2 Å². The molecule has 2 aromatic carbocycles. The van der Waals surface area contributed by atoms with Crippen molar-refractivity contribution in [2.75, 3.05) is 19.8 Å². The number of hydrogen-bond donors (Lipinski definition) is 3. The fourth-order valence-electron chi connectivity index (χ4n) is 2.99. The van der Waals surface area contributed by atoms with Gasteiger partial charge in [-0.2, -0.15) is 0 Å². The van der Waals surface area contributed by atoms with E-state index in [1.165, 1.54) is 0 Å². The number of aliphatic hydroxyl groups is 1. The van der Waals surface area contributed by atoms with Crippen LogP contribution in [0.5, 0.6) is 0 Å². The molecule has 0 saturated carbocycles. The molecule has 0 saturated heterocycles. The molecule has 0 aliphatic heterocycles. The summed E-state index contributed by atoms with van der Waals surface area (Å²) in [5.74, 6) is -1.31. The molecule has 7 heteroatoms. The smallest absolute Gasteiger partial charge is 0.334 e. The molecular formula is C23H28N2O5. The van der Waals surface area contributed by atoms with Gasteiger partial charge in [0, 0.05) is 17.7 Å². The Hall–Kier alpha value is -3.19. The van der Waals surface area contributed by atoms with E-state index in [-0.39, 0.29) is 18.9 Å². The number of hydrogen-bond acceptors (Lipinski definition) is 5. The number of unbranched alkanes of at least 4 members (excludes halogenated alkanes) is 1. The molecule has 160 valence electrons. The molecule has 0 fully saturated rings. The van der Waals surface area contributed by atoms with E-state index in [2.05, 4.69) is 10.6 Å². The number of aliphatic hydroxyl groups excluding tert-OH is 1. The summed E-state index contributed by atoms with van der Waals surface area (Å²) in [6.07, 6.45) is 1.24. The fraction of sp³-hybridized carbons (Fsp3) is 0.348. The summed E-state index contributed by atoms with van der Waals surface area (Å²) >= 11 is 0. The molecule has 0 heterocycles. The lowest BCUT2D eigenvalue weighted by molar-refractivity contribution is -0.153. The molecule has 0 aliphatic carbocycles. The average Bonchev–Trinajstić information content (AvgIpc) is 2.79. The first kappa shape index (κ1) is 23.1. The predicted molar refractivity (Wildman–Crippen MR) is 113 cm³/mol. The van der Waals surface area contributed by atoms with Crippen LogP contribution in [-0.2, 0) is 9.53 Å². The molecule has 2 aromatic rings. The van der Waals surface area contributed by atoms with Crippen LogP contribution in [0.25, 0.3) is 0 Å². The molecule has 2 rings (SSSR count). The van der Waals surface area contributed by atoms with Crippen LogP contribution in [-0.4, -0.2) is 48.2 Å². The van der Waals surface area contributed by atoms with Crippen LogP contribution in [0.15, 0.2) is 60.7 Å². The van der Waals surface area contributed by atoms with Gasteiger partial charge in [-0.15, -0.1) is 0 Å². The largest absolute Gasteiger partial charge is 0.464 e. The summed E-state index contributed by atoms with van der Waals surface area (Å²) in [7, 11) is 0. The molecule has 0 unspecified atom stereocenters. The highest BCUT2D eigenvalue weighted by Gasteiger charge is 2.40. The SMILES string of the molecule is CCOC(=O)[C@@](CO)(CCCCNC(=O)c1ccccc1)NC(=O)c1ccccc1. The zero-order valence-corrected chi connectivity index (χ0v) is 17.1. The standard InChI is InChI=1S/C23H28N2O5/c1-2-30-22(29)23(17-26,25-21(28)19-13-7-4-8-14-19)15-9-10-16-24-20(27)18-11-5-3-6-12-18/h3-8,11-14,26H,2,9-10,15-17H2,1H3,(H,24,27)(H,25,28)/t23-/m0/s1. The number of nitrogens with one attached hydrogen (secondary N) is 2. The van der Waals surface area contributed by atoms with Crippen molar-refractivity contribution in [3.05, 3.63) is 71.8 Å². The fourth-order valence-corrected chi connectivity index (χ4v) is 2.99. The van der Waals surface area contributed by atoms with E-state index >= 15 is 0 Å². The van der Waals surface area contributed by atoms with E-state index in [1.54, 1.807) is 61.5 Å². The van der Waals surface area contributed by atoms with Crippen molar-refractivity contribution in [2.45, 2.75) is 31.7 Å². The molecule has 0 radical (unpaired) electrons. The molecule has 0 spiro atoms. The first-order valence-corrected chi connectivity index (χ1v) is 10.0. The zero-order chi connectivity index (χ0) is 21.8. The van der Waals surface area contributed by atoms with Gasteiger partial charge in [-0.3, -0.25) is 9.59 Å². The van der Waals surface area contributed by atoms with Gasteiger partial charge in [-0.25, -0.2) is 4.79 Å². The predicted octanol–water partition coefficient (Wildman–Crippen LogP) is 2.31. The molecule has 2 amide bonds. The van der Waals surface area contributed by atoms with Gasteiger partial charge in [0.1, 0.15) is 0 Å². The second kappa shape index (κ2) is 11.7. The molecular weight excluding hydrogens is 384 g/mol. The maximum absolute atomic E-state index is 12.6. The molecule has 7 nitrogen and oxygen atoms in total. The Morgan fingerprint density at radius 2 is 1.47 bits per heavy atom. The van der Waals surface area contributed by atoms with Crippen molar-refractivity contribution in [3.8, 4) is 0 Å². The van der Waals surface area contributed by atoms with Crippen LogP contribution >= 0.6 is 0 Å². The number of benzene rings is 2. The van der Waals surface area contributed by atoms with E-state index in [9.17, 15) is 19.5 Å². The van der Waals surface area contributed by atoms with E-state index < -0.39 is 24.0 Å². The van der Waals surface area contributed by atoms with Crippen LogP contribution in [0.1, 0.15) is 46.9 Å². The van der Waals surface area contributed by atoms with E-state index in [1.807, 2.05) is 6.07 Å². The maximum Gasteiger partial charge on any atom is 0.334 e. The van der Waals surface area contributed by atoms with Gasteiger partial charge in [-0.05, 0) is 50.5 Å².